The minimum Gasteiger partial charge on any atom is -0.381 e. The van der Waals surface area contributed by atoms with Crippen LogP contribution in [0.25, 0.3) is 0 Å². The Morgan fingerprint density at radius 1 is 1.38 bits per heavy atom. The van der Waals surface area contributed by atoms with Gasteiger partial charge in [0.2, 0.25) is 5.91 Å². The average molecular weight is 230 g/mol. The second-order valence-corrected chi connectivity index (χ2v) is 4.19. The van der Waals surface area contributed by atoms with Gasteiger partial charge in [-0.15, -0.1) is 0 Å². The number of rotatable bonds is 10. The van der Waals surface area contributed by atoms with Crippen molar-refractivity contribution < 1.29 is 9.53 Å². The zero-order chi connectivity index (χ0) is 12.2. The summed E-state index contributed by atoms with van der Waals surface area (Å²) in [6.07, 6.45) is 4.43. The van der Waals surface area contributed by atoms with E-state index in [1.54, 1.807) is 0 Å². The number of carbonyl (C=O) groups is 1. The van der Waals surface area contributed by atoms with E-state index in [-0.39, 0.29) is 11.9 Å². The molecule has 1 amide bonds. The SMILES string of the molecule is CCCCOCCCNC(=O)CCC(C)N. The van der Waals surface area contributed by atoms with Crippen LogP contribution in [0, 0.1) is 0 Å². The number of amides is 1. The lowest BCUT2D eigenvalue weighted by atomic mass is 10.2. The summed E-state index contributed by atoms with van der Waals surface area (Å²) in [6, 6.07) is 0.100. The van der Waals surface area contributed by atoms with Crippen LogP contribution in [0.1, 0.15) is 46.0 Å². The van der Waals surface area contributed by atoms with Crippen molar-refractivity contribution in [2.45, 2.75) is 52.0 Å². The molecule has 0 aromatic heterocycles. The number of unbranched alkanes of at least 4 members (excludes halogenated alkanes) is 1. The van der Waals surface area contributed by atoms with Crippen LogP contribution in [0.5, 0.6) is 0 Å². The van der Waals surface area contributed by atoms with E-state index in [0.717, 1.165) is 38.9 Å². The number of ether oxygens (including phenoxy) is 1. The molecule has 0 radical (unpaired) electrons. The first-order valence-electron chi connectivity index (χ1n) is 6.26. The minimum atomic E-state index is 0.0888. The molecule has 4 nitrogen and oxygen atoms in total. The van der Waals surface area contributed by atoms with Crippen LogP contribution >= 0.6 is 0 Å². The lowest BCUT2D eigenvalue weighted by Gasteiger charge is -2.07. The lowest BCUT2D eigenvalue weighted by molar-refractivity contribution is -0.121. The predicted octanol–water partition coefficient (Wildman–Crippen LogP) is 1.44. The van der Waals surface area contributed by atoms with Crippen molar-refractivity contribution in [3.8, 4) is 0 Å². The van der Waals surface area contributed by atoms with E-state index < -0.39 is 0 Å². The molecule has 0 rings (SSSR count). The second kappa shape index (κ2) is 10.9. The molecular formula is C12H26N2O2. The van der Waals surface area contributed by atoms with Gasteiger partial charge in [-0.05, 0) is 26.2 Å². The van der Waals surface area contributed by atoms with Crippen LogP contribution in [-0.2, 0) is 9.53 Å². The zero-order valence-corrected chi connectivity index (χ0v) is 10.6. The first-order chi connectivity index (χ1) is 7.66. The second-order valence-electron chi connectivity index (χ2n) is 4.19. The van der Waals surface area contributed by atoms with Crippen LogP contribution in [-0.4, -0.2) is 31.7 Å². The van der Waals surface area contributed by atoms with Gasteiger partial charge in [-0.1, -0.05) is 13.3 Å². The molecule has 16 heavy (non-hydrogen) atoms. The highest BCUT2D eigenvalue weighted by atomic mass is 16.5. The summed E-state index contributed by atoms with van der Waals surface area (Å²) in [5, 5.41) is 2.85. The van der Waals surface area contributed by atoms with Gasteiger partial charge in [0.1, 0.15) is 0 Å². The molecule has 0 aliphatic carbocycles. The molecule has 0 spiro atoms. The highest BCUT2D eigenvalue weighted by Gasteiger charge is 2.02. The molecule has 0 aliphatic heterocycles. The Morgan fingerprint density at radius 2 is 2.06 bits per heavy atom. The molecule has 0 heterocycles. The molecule has 0 aromatic rings. The Hall–Kier alpha value is -0.610. The molecule has 0 aromatic carbocycles. The summed E-state index contributed by atoms with van der Waals surface area (Å²) < 4.78 is 5.38. The summed E-state index contributed by atoms with van der Waals surface area (Å²) in [6.45, 7) is 6.31. The average Bonchev–Trinajstić information content (AvgIpc) is 2.25. The van der Waals surface area contributed by atoms with Gasteiger partial charge in [-0.2, -0.15) is 0 Å². The standard InChI is InChI=1S/C12H26N2O2/c1-3-4-9-16-10-5-8-14-12(15)7-6-11(2)13/h11H,3-10,13H2,1-2H3,(H,14,15). The quantitative estimate of drug-likeness (QED) is 0.558. The Balaban J connectivity index is 3.15. The van der Waals surface area contributed by atoms with Gasteiger partial charge in [0.15, 0.2) is 0 Å². The number of nitrogens with two attached hydrogens (primary N) is 1. The summed E-state index contributed by atoms with van der Waals surface area (Å²) >= 11 is 0. The zero-order valence-electron chi connectivity index (χ0n) is 10.6. The van der Waals surface area contributed by atoms with E-state index in [2.05, 4.69) is 12.2 Å². The van der Waals surface area contributed by atoms with Gasteiger partial charge in [0.25, 0.3) is 0 Å². The summed E-state index contributed by atoms with van der Waals surface area (Å²) in [5.74, 6) is 0.0888. The number of nitrogens with one attached hydrogen (secondary N) is 1. The van der Waals surface area contributed by atoms with Crippen molar-refractivity contribution in [1.82, 2.24) is 5.32 Å². The van der Waals surface area contributed by atoms with Crippen LogP contribution in [0.4, 0.5) is 0 Å². The molecule has 0 fully saturated rings. The highest BCUT2D eigenvalue weighted by molar-refractivity contribution is 5.75. The maximum atomic E-state index is 11.3. The Morgan fingerprint density at radius 3 is 2.69 bits per heavy atom. The van der Waals surface area contributed by atoms with Crippen molar-refractivity contribution in [3.05, 3.63) is 0 Å². The first-order valence-corrected chi connectivity index (χ1v) is 6.26. The Bertz CT molecular complexity index is 172. The lowest BCUT2D eigenvalue weighted by Crippen LogP contribution is -2.27. The van der Waals surface area contributed by atoms with E-state index >= 15 is 0 Å². The molecule has 1 unspecified atom stereocenters. The van der Waals surface area contributed by atoms with E-state index in [1.807, 2.05) is 6.92 Å². The van der Waals surface area contributed by atoms with E-state index in [4.69, 9.17) is 10.5 Å². The number of hydrogen-bond acceptors (Lipinski definition) is 3. The van der Waals surface area contributed by atoms with Gasteiger partial charge in [-0.3, -0.25) is 4.79 Å². The molecule has 4 heteroatoms. The fourth-order valence-electron chi connectivity index (χ4n) is 1.20. The van der Waals surface area contributed by atoms with Crippen LogP contribution < -0.4 is 11.1 Å². The minimum absolute atomic E-state index is 0.0888. The highest BCUT2D eigenvalue weighted by Crippen LogP contribution is 1.93. The van der Waals surface area contributed by atoms with E-state index in [0.29, 0.717) is 13.0 Å². The smallest absolute Gasteiger partial charge is 0.220 e. The van der Waals surface area contributed by atoms with Crippen LogP contribution in [0.3, 0.4) is 0 Å². The van der Waals surface area contributed by atoms with Gasteiger partial charge in [0.05, 0.1) is 0 Å². The van der Waals surface area contributed by atoms with E-state index in [1.165, 1.54) is 0 Å². The van der Waals surface area contributed by atoms with Crippen molar-refractivity contribution >= 4 is 5.91 Å². The molecule has 0 bridgehead atoms. The Labute approximate surface area is 98.9 Å². The third-order valence-electron chi connectivity index (χ3n) is 2.26. The maximum Gasteiger partial charge on any atom is 0.220 e. The van der Waals surface area contributed by atoms with Gasteiger partial charge >= 0.3 is 0 Å². The van der Waals surface area contributed by atoms with Gasteiger partial charge in [0, 0.05) is 32.2 Å². The summed E-state index contributed by atoms with van der Waals surface area (Å²) in [7, 11) is 0. The number of carbonyl (C=O) groups excluding carboxylic acids is 1. The maximum absolute atomic E-state index is 11.3. The van der Waals surface area contributed by atoms with Gasteiger partial charge in [-0.25, -0.2) is 0 Å². The van der Waals surface area contributed by atoms with Crippen LogP contribution in [0.2, 0.25) is 0 Å². The number of hydrogen-bond donors (Lipinski definition) is 2. The predicted molar refractivity (Wildman–Crippen MR) is 66.2 cm³/mol. The molecule has 0 aliphatic rings. The fraction of sp³-hybridized carbons (Fsp3) is 0.917. The molecule has 96 valence electrons. The topological polar surface area (TPSA) is 64.3 Å². The molecule has 1 atom stereocenters. The molecule has 0 saturated carbocycles. The third kappa shape index (κ3) is 11.5. The van der Waals surface area contributed by atoms with Gasteiger partial charge < -0.3 is 15.8 Å². The largest absolute Gasteiger partial charge is 0.381 e. The first kappa shape index (κ1) is 15.4. The molecule has 0 saturated heterocycles. The monoisotopic (exact) mass is 230 g/mol. The van der Waals surface area contributed by atoms with Crippen molar-refractivity contribution in [2.24, 2.45) is 5.73 Å². The van der Waals surface area contributed by atoms with Crippen molar-refractivity contribution in [3.63, 3.8) is 0 Å². The van der Waals surface area contributed by atoms with Crippen molar-refractivity contribution in [2.75, 3.05) is 19.8 Å². The molecule has 3 N–H and O–H groups in total. The third-order valence-corrected chi connectivity index (χ3v) is 2.26. The normalized spacial score (nSPS) is 12.4. The fourth-order valence-corrected chi connectivity index (χ4v) is 1.20. The van der Waals surface area contributed by atoms with Crippen LogP contribution in [0.15, 0.2) is 0 Å². The van der Waals surface area contributed by atoms with E-state index in [9.17, 15) is 4.79 Å². The summed E-state index contributed by atoms with van der Waals surface area (Å²) in [5.41, 5.74) is 5.56. The molecular weight excluding hydrogens is 204 g/mol. The summed E-state index contributed by atoms with van der Waals surface area (Å²) in [4.78, 5) is 11.3. The van der Waals surface area contributed by atoms with Crippen molar-refractivity contribution in [1.29, 1.82) is 0 Å². The Kier molecular flexibility index (Phi) is 10.5.